The number of nitrogens with zero attached hydrogens (tertiary/aromatic N) is 1. The van der Waals surface area contributed by atoms with Crippen LogP contribution in [0.3, 0.4) is 0 Å². The van der Waals surface area contributed by atoms with E-state index in [4.69, 9.17) is 0 Å². The first kappa shape index (κ1) is 24.3. The molecule has 0 saturated carbocycles. The number of piperidine rings is 1. The number of carbonyl (C=O) groups is 4. The second kappa shape index (κ2) is 12.0. The summed E-state index contributed by atoms with van der Waals surface area (Å²) in [5.74, 6) is 0.756. The number of ketones is 2. The average molecular weight is 395 g/mol. The topological polar surface area (TPSA) is 83.6 Å². The molecule has 0 aliphatic carbocycles. The summed E-state index contributed by atoms with van der Waals surface area (Å²) in [7, 11) is 0. The maximum absolute atomic E-state index is 12.2. The van der Waals surface area contributed by atoms with Gasteiger partial charge in [0.2, 0.25) is 11.8 Å². The average Bonchev–Trinajstić information content (AvgIpc) is 2.64. The van der Waals surface area contributed by atoms with Gasteiger partial charge in [0.15, 0.2) is 5.78 Å². The van der Waals surface area contributed by atoms with Gasteiger partial charge in [-0.1, -0.05) is 27.7 Å². The van der Waals surface area contributed by atoms with Crippen molar-refractivity contribution in [3.63, 3.8) is 0 Å². The molecule has 0 spiro atoms. The molecule has 6 nitrogen and oxygen atoms in total. The Hall–Kier alpha value is -1.72. The van der Waals surface area contributed by atoms with Gasteiger partial charge in [-0.15, -0.1) is 0 Å². The Bertz CT molecular complexity index is 549. The third-order valence-corrected chi connectivity index (χ3v) is 5.42. The molecular formula is C22H38N2O4. The Morgan fingerprint density at radius 1 is 0.929 bits per heavy atom. The molecule has 6 heteroatoms. The number of nitrogens with one attached hydrogen (secondary N) is 1. The fourth-order valence-corrected chi connectivity index (χ4v) is 3.52. The van der Waals surface area contributed by atoms with Crippen LogP contribution in [-0.2, 0) is 19.2 Å². The van der Waals surface area contributed by atoms with E-state index >= 15 is 0 Å². The van der Waals surface area contributed by atoms with Crippen molar-refractivity contribution >= 4 is 23.4 Å². The number of likely N-dealkylation sites (tertiary alicyclic amines) is 1. The molecule has 1 heterocycles. The van der Waals surface area contributed by atoms with Gasteiger partial charge in [0.25, 0.3) is 0 Å². The molecule has 28 heavy (non-hydrogen) atoms. The van der Waals surface area contributed by atoms with E-state index in [0.717, 1.165) is 32.4 Å². The van der Waals surface area contributed by atoms with Crippen LogP contribution in [0.1, 0.15) is 79.6 Å². The maximum Gasteiger partial charge on any atom is 0.222 e. The third-order valence-electron chi connectivity index (χ3n) is 5.42. The Labute approximate surface area is 169 Å². The minimum absolute atomic E-state index is 0.00521. The molecule has 0 aromatic heterocycles. The van der Waals surface area contributed by atoms with Crippen LogP contribution in [0, 0.1) is 17.8 Å². The zero-order valence-electron chi connectivity index (χ0n) is 18.3. The summed E-state index contributed by atoms with van der Waals surface area (Å²) in [6.07, 6.45) is 4.04. The summed E-state index contributed by atoms with van der Waals surface area (Å²) in [6, 6.07) is -0.514. The van der Waals surface area contributed by atoms with Crippen LogP contribution in [0.2, 0.25) is 0 Å². The van der Waals surface area contributed by atoms with Gasteiger partial charge in [-0.2, -0.15) is 0 Å². The van der Waals surface area contributed by atoms with Crippen LogP contribution in [-0.4, -0.2) is 47.4 Å². The van der Waals surface area contributed by atoms with Gasteiger partial charge in [0, 0.05) is 44.7 Å². The second-order valence-electron chi connectivity index (χ2n) is 8.85. The van der Waals surface area contributed by atoms with Gasteiger partial charge in [-0.25, -0.2) is 0 Å². The van der Waals surface area contributed by atoms with E-state index in [1.807, 2.05) is 4.90 Å². The van der Waals surface area contributed by atoms with Gasteiger partial charge in [-0.3, -0.25) is 19.2 Å². The predicted molar refractivity (Wildman–Crippen MR) is 110 cm³/mol. The van der Waals surface area contributed by atoms with E-state index in [2.05, 4.69) is 19.2 Å². The molecule has 2 amide bonds. The van der Waals surface area contributed by atoms with E-state index in [-0.39, 0.29) is 42.1 Å². The monoisotopic (exact) mass is 394 g/mol. The number of amides is 2. The molecule has 0 bridgehead atoms. The van der Waals surface area contributed by atoms with Crippen molar-refractivity contribution < 1.29 is 19.2 Å². The van der Waals surface area contributed by atoms with E-state index < -0.39 is 6.04 Å². The third kappa shape index (κ3) is 8.98. The van der Waals surface area contributed by atoms with E-state index in [9.17, 15) is 19.2 Å². The molecule has 1 N–H and O–H groups in total. The number of hydrogen-bond acceptors (Lipinski definition) is 4. The summed E-state index contributed by atoms with van der Waals surface area (Å²) in [6.45, 7) is 11.0. The number of rotatable bonds is 11. The van der Waals surface area contributed by atoms with Crippen molar-refractivity contribution in [2.24, 2.45) is 17.8 Å². The standard InChI is InChI=1S/C22H38N2O4/c1-15(2)6-9-21(27)24-12-10-18(11-13-24)14-19(25)7-8-20(26)23-17(5)22(28)16(3)4/h15-18H,6-14H2,1-5H3,(H,23,26). The van der Waals surface area contributed by atoms with Crippen molar-refractivity contribution in [2.45, 2.75) is 85.6 Å². The van der Waals surface area contributed by atoms with Gasteiger partial charge < -0.3 is 10.2 Å². The van der Waals surface area contributed by atoms with Crippen LogP contribution in [0.15, 0.2) is 0 Å². The summed E-state index contributed by atoms with van der Waals surface area (Å²) in [4.78, 5) is 50.1. The summed E-state index contributed by atoms with van der Waals surface area (Å²) in [5, 5.41) is 2.67. The van der Waals surface area contributed by atoms with Crippen LogP contribution in [0.5, 0.6) is 0 Å². The fraction of sp³-hybridized carbons (Fsp3) is 0.818. The first-order chi connectivity index (χ1) is 13.1. The molecule has 0 aromatic carbocycles. The first-order valence-electron chi connectivity index (χ1n) is 10.7. The highest BCUT2D eigenvalue weighted by Gasteiger charge is 2.25. The Kier molecular flexibility index (Phi) is 10.4. The van der Waals surface area contributed by atoms with Gasteiger partial charge in [-0.05, 0) is 38.0 Å². The molecule has 1 unspecified atom stereocenters. The highest BCUT2D eigenvalue weighted by Crippen LogP contribution is 2.22. The molecule has 1 fully saturated rings. The second-order valence-corrected chi connectivity index (χ2v) is 8.85. The Balaban J connectivity index is 2.25. The minimum atomic E-state index is -0.514. The van der Waals surface area contributed by atoms with Crippen molar-refractivity contribution in [3.05, 3.63) is 0 Å². The van der Waals surface area contributed by atoms with Crippen LogP contribution < -0.4 is 5.32 Å². The smallest absolute Gasteiger partial charge is 0.222 e. The lowest BCUT2D eigenvalue weighted by Crippen LogP contribution is -2.40. The van der Waals surface area contributed by atoms with Crippen molar-refractivity contribution in [2.75, 3.05) is 13.1 Å². The lowest BCUT2D eigenvalue weighted by atomic mass is 9.90. The molecule has 1 aliphatic heterocycles. The molecule has 0 radical (unpaired) electrons. The zero-order chi connectivity index (χ0) is 21.3. The SMILES string of the molecule is CC(C)CCC(=O)N1CCC(CC(=O)CCC(=O)NC(C)C(=O)C(C)C)CC1. The van der Waals surface area contributed by atoms with Crippen LogP contribution >= 0.6 is 0 Å². The number of hydrogen-bond donors (Lipinski definition) is 1. The van der Waals surface area contributed by atoms with Crippen LogP contribution in [0.25, 0.3) is 0 Å². The Morgan fingerprint density at radius 2 is 1.54 bits per heavy atom. The predicted octanol–water partition coefficient (Wildman–Crippen LogP) is 3.13. The molecular weight excluding hydrogens is 356 g/mol. The minimum Gasteiger partial charge on any atom is -0.347 e. The highest BCUT2D eigenvalue weighted by atomic mass is 16.2. The maximum atomic E-state index is 12.2. The normalized spacial score (nSPS) is 16.3. The van der Waals surface area contributed by atoms with E-state index in [1.165, 1.54) is 0 Å². The molecule has 1 atom stereocenters. The zero-order valence-corrected chi connectivity index (χ0v) is 18.3. The molecule has 160 valence electrons. The largest absolute Gasteiger partial charge is 0.347 e. The van der Waals surface area contributed by atoms with Gasteiger partial charge in [0.1, 0.15) is 5.78 Å². The van der Waals surface area contributed by atoms with Crippen molar-refractivity contribution in [3.8, 4) is 0 Å². The highest BCUT2D eigenvalue weighted by molar-refractivity contribution is 5.91. The number of carbonyl (C=O) groups excluding carboxylic acids is 4. The van der Waals surface area contributed by atoms with E-state index in [0.29, 0.717) is 24.7 Å². The molecule has 0 aromatic rings. The van der Waals surface area contributed by atoms with Crippen molar-refractivity contribution in [1.82, 2.24) is 10.2 Å². The lowest BCUT2D eigenvalue weighted by molar-refractivity contribution is -0.133. The number of Topliss-reactive ketones (excluding diaryl/α,β-unsaturated/α-hetero) is 2. The fourth-order valence-electron chi connectivity index (χ4n) is 3.52. The summed E-state index contributed by atoms with van der Waals surface area (Å²) < 4.78 is 0. The molecule has 1 saturated heterocycles. The van der Waals surface area contributed by atoms with Gasteiger partial charge >= 0.3 is 0 Å². The lowest BCUT2D eigenvalue weighted by Gasteiger charge is -2.32. The first-order valence-corrected chi connectivity index (χ1v) is 10.7. The summed E-state index contributed by atoms with van der Waals surface area (Å²) in [5.41, 5.74) is 0. The van der Waals surface area contributed by atoms with Crippen LogP contribution in [0.4, 0.5) is 0 Å². The quantitative estimate of drug-likeness (QED) is 0.583. The van der Waals surface area contributed by atoms with E-state index in [1.54, 1.807) is 20.8 Å². The Morgan fingerprint density at radius 3 is 2.07 bits per heavy atom. The van der Waals surface area contributed by atoms with Gasteiger partial charge in [0.05, 0.1) is 6.04 Å². The van der Waals surface area contributed by atoms with Crippen molar-refractivity contribution in [1.29, 1.82) is 0 Å². The molecule has 1 rings (SSSR count). The summed E-state index contributed by atoms with van der Waals surface area (Å²) >= 11 is 0. The molecule has 1 aliphatic rings.